The second-order valence-corrected chi connectivity index (χ2v) is 5.87. The van der Waals surface area contributed by atoms with Crippen LogP contribution in [0, 0.1) is 11.3 Å². The SMILES string of the molecule is CC#N.CCCC[N+](CCCC)(CCCC)CCCC.[Br-]. The molecule has 0 aromatic heterocycles. The van der Waals surface area contributed by atoms with Crippen LogP contribution < -0.4 is 17.0 Å². The van der Waals surface area contributed by atoms with Gasteiger partial charge in [-0.1, -0.05) is 53.4 Å². The lowest BCUT2D eigenvalue weighted by Gasteiger charge is -2.39. The highest BCUT2D eigenvalue weighted by Gasteiger charge is 2.24. The molecule has 0 aliphatic carbocycles. The maximum atomic E-state index is 7.32. The molecular weight excluding hydrogens is 324 g/mol. The van der Waals surface area contributed by atoms with Crippen molar-refractivity contribution in [3.8, 4) is 6.07 Å². The molecule has 0 fully saturated rings. The molecule has 0 heterocycles. The zero-order valence-corrected chi connectivity index (χ0v) is 16.8. The molecule has 0 rings (SSSR count). The molecule has 0 aromatic rings. The molecule has 0 spiro atoms. The standard InChI is InChI=1S/C16H36N.C2H3N.BrH/c1-5-9-13-17(14-10-6-2,15-11-7-3)16-12-8-4;1-2-3;/h5-16H2,1-4H3;1H3;1H/q+1;;/p-1. The zero-order valence-electron chi connectivity index (χ0n) is 15.3. The van der Waals surface area contributed by atoms with Gasteiger partial charge in [-0.05, 0) is 25.7 Å². The van der Waals surface area contributed by atoms with Crippen molar-refractivity contribution in [1.82, 2.24) is 0 Å². The average Bonchev–Trinajstić information content (AvgIpc) is 2.46. The van der Waals surface area contributed by atoms with E-state index in [2.05, 4.69) is 27.7 Å². The number of nitrogens with zero attached hydrogens (tertiary/aromatic N) is 2. The lowest BCUT2D eigenvalue weighted by atomic mass is 10.1. The van der Waals surface area contributed by atoms with Crippen LogP contribution in [0.15, 0.2) is 0 Å². The molecule has 128 valence electrons. The van der Waals surface area contributed by atoms with Crippen LogP contribution >= 0.6 is 0 Å². The van der Waals surface area contributed by atoms with Gasteiger partial charge in [0, 0.05) is 6.92 Å². The van der Waals surface area contributed by atoms with E-state index in [0.717, 1.165) is 0 Å². The fourth-order valence-electron chi connectivity index (χ4n) is 2.64. The van der Waals surface area contributed by atoms with Crippen molar-refractivity contribution in [3.63, 3.8) is 0 Å². The third-order valence-electron chi connectivity index (χ3n) is 3.94. The van der Waals surface area contributed by atoms with Crippen molar-refractivity contribution in [2.45, 2.75) is 86.0 Å². The predicted octanol–water partition coefficient (Wildman–Crippen LogP) is 2.54. The van der Waals surface area contributed by atoms with E-state index in [1.54, 1.807) is 6.07 Å². The van der Waals surface area contributed by atoms with Gasteiger partial charge in [0.25, 0.3) is 0 Å². The van der Waals surface area contributed by atoms with E-state index in [1.165, 1.54) is 89.0 Å². The summed E-state index contributed by atoms with van der Waals surface area (Å²) in [6.45, 7) is 16.4. The van der Waals surface area contributed by atoms with Crippen LogP contribution in [-0.4, -0.2) is 30.7 Å². The summed E-state index contributed by atoms with van der Waals surface area (Å²) < 4.78 is 1.42. The third-order valence-corrected chi connectivity index (χ3v) is 3.94. The summed E-state index contributed by atoms with van der Waals surface area (Å²) in [5.41, 5.74) is 0. The first-order chi connectivity index (χ1) is 9.66. The average molecular weight is 363 g/mol. The van der Waals surface area contributed by atoms with Crippen LogP contribution in [-0.2, 0) is 0 Å². The molecule has 21 heavy (non-hydrogen) atoms. The van der Waals surface area contributed by atoms with Gasteiger partial charge in [0.15, 0.2) is 0 Å². The summed E-state index contributed by atoms with van der Waals surface area (Å²) in [6.07, 6.45) is 11.1. The van der Waals surface area contributed by atoms with E-state index in [-0.39, 0.29) is 17.0 Å². The van der Waals surface area contributed by atoms with E-state index in [0.29, 0.717) is 0 Å². The van der Waals surface area contributed by atoms with Gasteiger partial charge in [0.05, 0.1) is 32.2 Å². The Morgan fingerprint density at radius 2 is 0.857 bits per heavy atom. The molecule has 0 bridgehead atoms. The minimum atomic E-state index is 0. The van der Waals surface area contributed by atoms with Gasteiger partial charge in [-0.3, -0.25) is 0 Å². The lowest BCUT2D eigenvalue weighted by molar-refractivity contribution is -0.929. The highest BCUT2D eigenvalue weighted by molar-refractivity contribution is 4.51. The molecule has 2 nitrogen and oxygen atoms in total. The van der Waals surface area contributed by atoms with Crippen molar-refractivity contribution in [3.05, 3.63) is 0 Å². The molecule has 0 aromatic carbocycles. The van der Waals surface area contributed by atoms with Gasteiger partial charge >= 0.3 is 0 Å². The molecule has 0 aliphatic rings. The summed E-state index contributed by atoms with van der Waals surface area (Å²) in [4.78, 5) is 0. The van der Waals surface area contributed by atoms with Crippen LogP contribution in [0.1, 0.15) is 86.0 Å². The van der Waals surface area contributed by atoms with Gasteiger partial charge in [-0.15, -0.1) is 0 Å². The summed E-state index contributed by atoms with van der Waals surface area (Å²) in [5, 5.41) is 7.32. The van der Waals surface area contributed by atoms with Gasteiger partial charge in [0.1, 0.15) is 0 Å². The predicted molar refractivity (Wildman–Crippen MR) is 90.6 cm³/mol. The number of halogens is 1. The Morgan fingerprint density at radius 3 is 1.00 bits per heavy atom. The maximum Gasteiger partial charge on any atom is 0.0786 e. The molecule has 0 radical (unpaired) electrons. The van der Waals surface area contributed by atoms with Crippen LogP contribution in [0.25, 0.3) is 0 Å². The second kappa shape index (κ2) is 19.9. The van der Waals surface area contributed by atoms with Gasteiger partial charge < -0.3 is 21.5 Å². The minimum absolute atomic E-state index is 0. The summed E-state index contributed by atoms with van der Waals surface area (Å²) in [6, 6.07) is 1.75. The minimum Gasteiger partial charge on any atom is -1.00 e. The number of hydrogen-bond acceptors (Lipinski definition) is 1. The molecule has 0 saturated carbocycles. The van der Waals surface area contributed by atoms with Crippen molar-refractivity contribution in [2.75, 3.05) is 26.2 Å². The second-order valence-electron chi connectivity index (χ2n) is 5.87. The number of hydrogen-bond donors (Lipinski definition) is 0. The summed E-state index contributed by atoms with van der Waals surface area (Å²) in [5.74, 6) is 0. The fourth-order valence-corrected chi connectivity index (χ4v) is 2.64. The molecule has 0 unspecified atom stereocenters. The number of nitriles is 1. The van der Waals surface area contributed by atoms with Crippen LogP contribution in [0.5, 0.6) is 0 Å². The topological polar surface area (TPSA) is 23.8 Å². The van der Waals surface area contributed by atoms with E-state index in [9.17, 15) is 0 Å². The third kappa shape index (κ3) is 16.1. The van der Waals surface area contributed by atoms with Crippen LogP contribution in [0.2, 0.25) is 0 Å². The van der Waals surface area contributed by atoms with Gasteiger partial charge in [-0.25, -0.2) is 0 Å². The molecule has 0 N–H and O–H groups in total. The first-order valence-electron chi connectivity index (χ1n) is 8.82. The van der Waals surface area contributed by atoms with Crippen molar-refractivity contribution in [2.24, 2.45) is 0 Å². The zero-order chi connectivity index (χ0) is 15.7. The Kier molecular flexibility index (Phi) is 24.5. The Balaban J connectivity index is -0.000000740. The molecular formula is C18H39BrN2. The molecule has 3 heteroatoms. The number of unbranched alkanes of at least 4 members (excludes halogenated alkanes) is 4. The number of rotatable bonds is 12. The molecule has 0 saturated heterocycles. The normalized spacial score (nSPS) is 10.1. The highest BCUT2D eigenvalue weighted by Crippen LogP contribution is 2.16. The van der Waals surface area contributed by atoms with Gasteiger partial charge in [0.2, 0.25) is 0 Å². The van der Waals surface area contributed by atoms with Crippen LogP contribution in [0.3, 0.4) is 0 Å². The van der Waals surface area contributed by atoms with E-state index in [4.69, 9.17) is 5.26 Å². The monoisotopic (exact) mass is 362 g/mol. The van der Waals surface area contributed by atoms with Crippen molar-refractivity contribution in [1.29, 1.82) is 5.26 Å². The Hall–Kier alpha value is -0.0700. The molecule has 0 amide bonds. The van der Waals surface area contributed by atoms with Crippen molar-refractivity contribution < 1.29 is 21.5 Å². The van der Waals surface area contributed by atoms with Crippen LogP contribution in [0.4, 0.5) is 0 Å². The number of quaternary nitrogens is 1. The Bertz CT molecular complexity index is 186. The van der Waals surface area contributed by atoms with E-state index >= 15 is 0 Å². The Labute approximate surface area is 145 Å². The molecule has 0 aliphatic heterocycles. The maximum absolute atomic E-state index is 7.32. The smallest absolute Gasteiger partial charge is 0.0786 e. The van der Waals surface area contributed by atoms with Crippen molar-refractivity contribution >= 4 is 0 Å². The highest BCUT2D eigenvalue weighted by atomic mass is 79.9. The lowest BCUT2D eigenvalue weighted by Crippen LogP contribution is -3.00. The first kappa shape index (κ1) is 25.9. The summed E-state index contributed by atoms with van der Waals surface area (Å²) in [7, 11) is 0. The van der Waals surface area contributed by atoms with Gasteiger partial charge in [-0.2, -0.15) is 5.26 Å². The van der Waals surface area contributed by atoms with E-state index < -0.39 is 0 Å². The van der Waals surface area contributed by atoms with E-state index in [1.807, 2.05) is 0 Å². The summed E-state index contributed by atoms with van der Waals surface area (Å²) >= 11 is 0. The largest absolute Gasteiger partial charge is 1.00 e. The first-order valence-corrected chi connectivity index (χ1v) is 8.82. The molecule has 0 atom stereocenters. The Morgan fingerprint density at radius 1 is 0.667 bits per heavy atom. The fraction of sp³-hybridized carbons (Fsp3) is 0.944. The quantitative estimate of drug-likeness (QED) is 0.489.